The fourth-order valence-electron chi connectivity index (χ4n) is 5.25. The van der Waals surface area contributed by atoms with E-state index in [1.807, 2.05) is 0 Å². The predicted molar refractivity (Wildman–Crippen MR) is 105 cm³/mol. The van der Waals surface area contributed by atoms with E-state index in [9.17, 15) is 4.79 Å². The monoisotopic (exact) mass is 372 g/mol. The molecule has 0 aromatic heterocycles. The van der Waals surface area contributed by atoms with Crippen molar-refractivity contribution in [2.75, 3.05) is 46.5 Å². The number of methoxy groups -OCH3 is 1. The van der Waals surface area contributed by atoms with Crippen molar-refractivity contribution in [3.63, 3.8) is 0 Å². The van der Waals surface area contributed by atoms with Gasteiger partial charge in [-0.1, -0.05) is 24.3 Å². The quantitative estimate of drug-likeness (QED) is 0.741. The van der Waals surface area contributed by atoms with Gasteiger partial charge in [0.15, 0.2) is 0 Å². The van der Waals surface area contributed by atoms with E-state index in [1.54, 1.807) is 0 Å². The normalized spacial score (nSPS) is 27.4. The molecule has 2 heterocycles. The molecule has 1 aliphatic carbocycles. The smallest absolute Gasteiger partial charge is 0.305 e. The van der Waals surface area contributed by atoms with Crippen LogP contribution in [0.2, 0.25) is 0 Å². The Morgan fingerprint density at radius 2 is 1.81 bits per heavy atom. The zero-order chi connectivity index (χ0) is 18.6. The van der Waals surface area contributed by atoms with Crippen molar-refractivity contribution in [2.24, 2.45) is 5.92 Å². The number of likely N-dealkylation sites (tertiary alicyclic amines) is 1. The van der Waals surface area contributed by atoms with Crippen LogP contribution >= 0.6 is 0 Å². The number of hydrogen-bond donors (Lipinski definition) is 0. The molecule has 1 aromatic carbocycles. The summed E-state index contributed by atoms with van der Waals surface area (Å²) in [4.78, 5) is 17.1. The zero-order valence-electron chi connectivity index (χ0n) is 16.4. The Morgan fingerprint density at radius 3 is 2.48 bits per heavy atom. The molecule has 0 bridgehead atoms. The highest BCUT2D eigenvalue weighted by Crippen LogP contribution is 2.32. The molecule has 27 heavy (non-hydrogen) atoms. The van der Waals surface area contributed by atoms with E-state index in [0.717, 1.165) is 45.8 Å². The molecule has 2 atom stereocenters. The molecule has 0 N–H and O–H groups in total. The van der Waals surface area contributed by atoms with Gasteiger partial charge in [0, 0.05) is 38.1 Å². The van der Waals surface area contributed by atoms with Crippen molar-refractivity contribution in [3.05, 3.63) is 35.4 Å². The van der Waals surface area contributed by atoms with Crippen molar-refractivity contribution in [1.29, 1.82) is 0 Å². The number of esters is 1. The maximum Gasteiger partial charge on any atom is 0.305 e. The van der Waals surface area contributed by atoms with Gasteiger partial charge < -0.3 is 9.47 Å². The van der Waals surface area contributed by atoms with Gasteiger partial charge in [-0.25, -0.2) is 0 Å². The van der Waals surface area contributed by atoms with Crippen molar-refractivity contribution < 1.29 is 14.3 Å². The Balaban J connectivity index is 1.42. The summed E-state index contributed by atoms with van der Waals surface area (Å²) in [5.41, 5.74) is 3.04. The fourth-order valence-corrected chi connectivity index (χ4v) is 5.25. The lowest BCUT2D eigenvalue weighted by molar-refractivity contribution is -0.141. The van der Waals surface area contributed by atoms with Gasteiger partial charge in [0.1, 0.15) is 0 Å². The van der Waals surface area contributed by atoms with Gasteiger partial charge in [-0.3, -0.25) is 14.6 Å². The van der Waals surface area contributed by atoms with Crippen LogP contribution in [0.3, 0.4) is 0 Å². The minimum atomic E-state index is -0.0823. The highest BCUT2D eigenvalue weighted by molar-refractivity contribution is 5.69. The van der Waals surface area contributed by atoms with Crippen LogP contribution in [0.1, 0.15) is 30.4 Å². The molecule has 2 saturated heterocycles. The standard InChI is InChI=1S/C22H32N2O3/c1-26-22(25)7-6-19-16-24(9-8-21(19)23-10-12-27-13-11-23)20-14-17-4-2-3-5-18(17)15-20/h2-5,19-21H,6-16H2,1H3/t19-,21+/m0/s1. The Hall–Kier alpha value is -1.43. The number of carbonyl (C=O) groups is 1. The topological polar surface area (TPSA) is 42.0 Å². The molecular weight excluding hydrogens is 340 g/mol. The number of nitrogens with zero attached hydrogens (tertiary/aromatic N) is 2. The highest BCUT2D eigenvalue weighted by Gasteiger charge is 2.37. The van der Waals surface area contributed by atoms with Gasteiger partial charge in [0.2, 0.25) is 0 Å². The number of rotatable bonds is 5. The van der Waals surface area contributed by atoms with E-state index in [0.29, 0.717) is 24.4 Å². The van der Waals surface area contributed by atoms with Crippen molar-refractivity contribution >= 4 is 5.97 Å². The Bertz CT molecular complexity index is 619. The number of morpholine rings is 1. The van der Waals surface area contributed by atoms with Crippen molar-refractivity contribution in [2.45, 2.75) is 44.2 Å². The third kappa shape index (κ3) is 4.36. The molecule has 148 valence electrons. The lowest BCUT2D eigenvalue weighted by Gasteiger charge is -2.46. The first-order chi connectivity index (χ1) is 13.2. The molecule has 4 rings (SSSR count). The van der Waals surface area contributed by atoms with E-state index in [4.69, 9.17) is 9.47 Å². The van der Waals surface area contributed by atoms with Crippen LogP contribution in [-0.2, 0) is 27.1 Å². The molecular formula is C22H32N2O3. The largest absolute Gasteiger partial charge is 0.469 e. The average Bonchev–Trinajstić information content (AvgIpc) is 3.16. The highest BCUT2D eigenvalue weighted by atomic mass is 16.5. The second-order valence-corrected chi connectivity index (χ2v) is 8.20. The number of piperidine rings is 1. The molecule has 0 saturated carbocycles. The van der Waals surface area contributed by atoms with Gasteiger partial charge in [-0.15, -0.1) is 0 Å². The van der Waals surface area contributed by atoms with Crippen LogP contribution in [0.5, 0.6) is 0 Å². The van der Waals surface area contributed by atoms with Crippen LogP contribution in [0.25, 0.3) is 0 Å². The Kier molecular flexibility index (Phi) is 6.11. The van der Waals surface area contributed by atoms with E-state index in [2.05, 4.69) is 34.1 Å². The molecule has 0 amide bonds. The second kappa shape index (κ2) is 8.72. The van der Waals surface area contributed by atoms with Crippen molar-refractivity contribution in [3.8, 4) is 0 Å². The average molecular weight is 373 g/mol. The van der Waals surface area contributed by atoms with Gasteiger partial charge in [-0.05, 0) is 49.3 Å². The molecule has 3 aliphatic rings. The maximum atomic E-state index is 11.8. The molecule has 0 unspecified atom stereocenters. The lowest BCUT2D eigenvalue weighted by atomic mass is 9.86. The fraction of sp³-hybridized carbons (Fsp3) is 0.682. The second-order valence-electron chi connectivity index (χ2n) is 8.20. The van der Waals surface area contributed by atoms with Crippen LogP contribution in [0, 0.1) is 5.92 Å². The van der Waals surface area contributed by atoms with Crippen LogP contribution in [0.4, 0.5) is 0 Å². The Morgan fingerprint density at radius 1 is 1.11 bits per heavy atom. The summed E-state index contributed by atoms with van der Waals surface area (Å²) in [6.45, 7) is 5.97. The van der Waals surface area contributed by atoms with Crippen LogP contribution in [0.15, 0.2) is 24.3 Å². The van der Waals surface area contributed by atoms with Crippen LogP contribution < -0.4 is 0 Å². The number of carbonyl (C=O) groups excluding carboxylic acids is 1. The summed E-state index contributed by atoms with van der Waals surface area (Å²) in [6, 6.07) is 10.1. The first-order valence-electron chi connectivity index (χ1n) is 10.4. The molecule has 5 nitrogen and oxygen atoms in total. The molecule has 2 aliphatic heterocycles. The first kappa shape index (κ1) is 18.9. The predicted octanol–water partition coefficient (Wildman–Crippen LogP) is 2.13. The molecule has 0 spiro atoms. The number of ether oxygens (including phenoxy) is 2. The summed E-state index contributed by atoms with van der Waals surface area (Å²) in [5.74, 6) is 0.445. The third-order valence-electron chi connectivity index (χ3n) is 6.73. The van der Waals surface area contributed by atoms with E-state index < -0.39 is 0 Å². The van der Waals surface area contributed by atoms with Crippen LogP contribution in [-0.4, -0.2) is 74.4 Å². The summed E-state index contributed by atoms with van der Waals surface area (Å²) in [5, 5.41) is 0. The van der Waals surface area contributed by atoms with Gasteiger partial charge in [-0.2, -0.15) is 0 Å². The minimum absolute atomic E-state index is 0.0823. The summed E-state index contributed by atoms with van der Waals surface area (Å²) in [6.07, 6.45) is 4.98. The Labute approximate surface area is 162 Å². The van der Waals surface area contributed by atoms with Gasteiger partial charge >= 0.3 is 5.97 Å². The van der Waals surface area contributed by atoms with Gasteiger partial charge in [0.25, 0.3) is 0 Å². The summed E-state index contributed by atoms with van der Waals surface area (Å²) in [7, 11) is 1.49. The molecule has 0 radical (unpaired) electrons. The van der Waals surface area contributed by atoms with Crippen molar-refractivity contribution in [1.82, 2.24) is 9.80 Å². The molecule has 2 fully saturated rings. The molecule has 5 heteroatoms. The third-order valence-corrected chi connectivity index (χ3v) is 6.73. The van der Waals surface area contributed by atoms with E-state index >= 15 is 0 Å². The maximum absolute atomic E-state index is 11.8. The zero-order valence-corrected chi connectivity index (χ0v) is 16.4. The minimum Gasteiger partial charge on any atom is -0.469 e. The summed E-state index contributed by atoms with van der Waals surface area (Å²) < 4.78 is 10.5. The summed E-state index contributed by atoms with van der Waals surface area (Å²) >= 11 is 0. The van der Waals surface area contributed by atoms with E-state index in [1.165, 1.54) is 37.5 Å². The molecule has 1 aromatic rings. The van der Waals surface area contributed by atoms with E-state index in [-0.39, 0.29) is 5.97 Å². The number of hydrogen-bond acceptors (Lipinski definition) is 5. The van der Waals surface area contributed by atoms with Gasteiger partial charge in [0.05, 0.1) is 20.3 Å². The number of benzene rings is 1. The number of fused-ring (bicyclic) bond motifs is 1. The first-order valence-corrected chi connectivity index (χ1v) is 10.4. The SMILES string of the molecule is COC(=O)CC[C@H]1CN(C2Cc3ccccc3C2)CC[C@H]1N1CCOCC1. The lowest BCUT2D eigenvalue weighted by Crippen LogP contribution is -2.56.